The molecule has 4 rings (SSSR count). The van der Waals surface area contributed by atoms with Crippen LogP contribution in [0.5, 0.6) is 0 Å². The van der Waals surface area contributed by atoms with E-state index in [9.17, 15) is 4.79 Å². The molecule has 2 heterocycles. The average molecular weight is 383 g/mol. The molecule has 7 nitrogen and oxygen atoms in total. The molecule has 0 spiro atoms. The number of tetrazole rings is 1. The second-order valence-corrected chi connectivity index (χ2v) is 6.79. The van der Waals surface area contributed by atoms with Crippen molar-refractivity contribution < 1.29 is 4.79 Å². The summed E-state index contributed by atoms with van der Waals surface area (Å²) in [6, 6.07) is 17.4. The number of anilines is 1. The molecule has 0 aliphatic carbocycles. The maximum Gasteiger partial charge on any atom is 0.246 e. The zero-order chi connectivity index (χ0) is 18.6. The number of hydrogen-bond acceptors (Lipinski definition) is 5. The summed E-state index contributed by atoms with van der Waals surface area (Å²) in [5, 5.41) is 13.1. The molecule has 0 N–H and O–H groups in total. The first-order valence-electron chi connectivity index (χ1n) is 8.80. The normalized spacial score (nSPS) is 14.4. The van der Waals surface area contributed by atoms with Gasteiger partial charge in [0.25, 0.3) is 0 Å². The Labute approximate surface area is 162 Å². The maximum absolute atomic E-state index is 12.6. The van der Waals surface area contributed by atoms with Gasteiger partial charge in [-0.1, -0.05) is 48.0 Å². The third kappa shape index (κ3) is 4.09. The number of aromatic nitrogens is 4. The third-order valence-corrected chi connectivity index (χ3v) is 4.80. The summed E-state index contributed by atoms with van der Waals surface area (Å²) in [4.78, 5) is 18.0. The molecule has 1 aromatic heterocycles. The molecule has 2 aromatic carbocycles. The lowest BCUT2D eigenvalue weighted by Crippen LogP contribution is -2.49. The lowest BCUT2D eigenvalue weighted by Gasteiger charge is -2.36. The van der Waals surface area contributed by atoms with Crippen LogP contribution in [0.25, 0.3) is 11.4 Å². The van der Waals surface area contributed by atoms with E-state index in [1.165, 1.54) is 4.80 Å². The molecular weight excluding hydrogens is 364 g/mol. The van der Waals surface area contributed by atoms with Gasteiger partial charge in [0, 0.05) is 42.5 Å². The van der Waals surface area contributed by atoms with E-state index in [4.69, 9.17) is 11.6 Å². The van der Waals surface area contributed by atoms with Crippen LogP contribution in [0.15, 0.2) is 54.6 Å². The minimum absolute atomic E-state index is 0.00208. The summed E-state index contributed by atoms with van der Waals surface area (Å²) in [5.41, 5.74) is 1.96. The average Bonchev–Trinajstić information content (AvgIpc) is 3.17. The molecule has 0 radical (unpaired) electrons. The summed E-state index contributed by atoms with van der Waals surface area (Å²) >= 11 is 6.07. The van der Waals surface area contributed by atoms with E-state index in [0.717, 1.165) is 29.4 Å². The number of benzene rings is 2. The monoisotopic (exact) mass is 382 g/mol. The van der Waals surface area contributed by atoms with Crippen LogP contribution < -0.4 is 4.90 Å². The highest BCUT2D eigenvalue weighted by molar-refractivity contribution is 6.30. The van der Waals surface area contributed by atoms with E-state index in [0.29, 0.717) is 18.9 Å². The zero-order valence-corrected chi connectivity index (χ0v) is 15.5. The largest absolute Gasteiger partial charge is 0.368 e. The highest BCUT2D eigenvalue weighted by atomic mass is 35.5. The van der Waals surface area contributed by atoms with Crippen LogP contribution in [0.3, 0.4) is 0 Å². The van der Waals surface area contributed by atoms with Gasteiger partial charge in [-0.3, -0.25) is 4.79 Å². The fraction of sp³-hybridized carbons (Fsp3) is 0.263. The van der Waals surface area contributed by atoms with Crippen molar-refractivity contribution >= 4 is 23.2 Å². The second kappa shape index (κ2) is 7.75. The van der Waals surface area contributed by atoms with E-state index in [1.807, 2.05) is 59.5 Å². The predicted octanol–water partition coefficient (Wildman–Crippen LogP) is 2.34. The van der Waals surface area contributed by atoms with E-state index in [1.54, 1.807) is 0 Å². The highest BCUT2D eigenvalue weighted by Gasteiger charge is 2.22. The molecule has 0 bridgehead atoms. The van der Waals surface area contributed by atoms with Crippen molar-refractivity contribution in [3.8, 4) is 11.4 Å². The SMILES string of the molecule is O=C(Cn1nnc(-c2ccccc2)n1)N1CCN(c2cccc(Cl)c2)CC1. The molecule has 138 valence electrons. The van der Waals surface area contributed by atoms with Gasteiger partial charge in [-0.05, 0) is 23.4 Å². The Kier molecular flexibility index (Phi) is 5.02. The molecular formula is C19H19ClN6O. The van der Waals surface area contributed by atoms with Crippen LogP contribution in [-0.2, 0) is 11.3 Å². The molecule has 1 fully saturated rings. The molecule has 3 aromatic rings. The fourth-order valence-electron chi connectivity index (χ4n) is 3.12. The molecule has 8 heteroatoms. The summed E-state index contributed by atoms with van der Waals surface area (Å²) in [7, 11) is 0. The van der Waals surface area contributed by atoms with Crippen LogP contribution in [0, 0.1) is 0 Å². The first-order valence-corrected chi connectivity index (χ1v) is 9.18. The van der Waals surface area contributed by atoms with Crippen LogP contribution >= 0.6 is 11.6 Å². The quantitative estimate of drug-likeness (QED) is 0.692. The Morgan fingerprint density at radius 3 is 2.52 bits per heavy atom. The Hall–Kier alpha value is -2.93. The van der Waals surface area contributed by atoms with Gasteiger partial charge in [0.1, 0.15) is 6.54 Å². The molecule has 1 aliphatic rings. The molecule has 0 unspecified atom stereocenters. The summed E-state index contributed by atoms with van der Waals surface area (Å²) in [6.45, 7) is 2.95. The summed E-state index contributed by atoms with van der Waals surface area (Å²) in [6.07, 6.45) is 0. The molecule has 27 heavy (non-hydrogen) atoms. The first kappa shape index (κ1) is 17.5. The number of hydrogen-bond donors (Lipinski definition) is 0. The van der Waals surface area contributed by atoms with E-state index in [2.05, 4.69) is 20.3 Å². The van der Waals surface area contributed by atoms with Crippen molar-refractivity contribution in [3.05, 3.63) is 59.6 Å². The van der Waals surface area contributed by atoms with Crippen molar-refractivity contribution in [2.75, 3.05) is 31.1 Å². The first-order chi connectivity index (χ1) is 13.2. The van der Waals surface area contributed by atoms with Crippen molar-refractivity contribution in [2.45, 2.75) is 6.54 Å². The van der Waals surface area contributed by atoms with Crippen LogP contribution in [0.2, 0.25) is 5.02 Å². The zero-order valence-electron chi connectivity index (χ0n) is 14.7. The summed E-state index contributed by atoms with van der Waals surface area (Å²) < 4.78 is 0. The van der Waals surface area contributed by atoms with Crippen molar-refractivity contribution in [1.82, 2.24) is 25.1 Å². The smallest absolute Gasteiger partial charge is 0.246 e. The van der Waals surface area contributed by atoms with Crippen molar-refractivity contribution in [3.63, 3.8) is 0 Å². The number of halogens is 1. The van der Waals surface area contributed by atoms with Gasteiger partial charge in [0.15, 0.2) is 0 Å². The Balaban J connectivity index is 1.34. The van der Waals surface area contributed by atoms with Gasteiger partial charge in [-0.2, -0.15) is 4.80 Å². The van der Waals surface area contributed by atoms with E-state index >= 15 is 0 Å². The highest BCUT2D eigenvalue weighted by Crippen LogP contribution is 2.21. The number of carbonyl (C=O) groups excluding carboxylic acids is 1. The predicted molar refractivity (Wildman–Crippen MR) is 103 cm³/mol. The number of carbonyl (C=O) groups is 1. The minimum atomic E-state index is -0.00208. The number of amides is 1. The van der Waals surface area contributed by atoms with Crippen molar-refractivity contribution in [2.24, 2.45) is 0 Å². The third-order valence-electron chi connectivity index (χ3n) is 4.57. The summed E-state index contributed by atoms with van der Waals surface area (Å²) in [5.74, 6) is 0.520. The molecule has 0 saturated carbocycles. The van der Waals surface area contributed by atoms with Gasteiger partial charge < -0.3 is 9.80 Å². The van der Waals surface area contributed by atoms with Gasteiger partial charge in [-0.25, -0.2) is 0 Å². The standard InChI is InChI=1S/C19H19ClN6O/c20-16-7-4-8-17(13-16)24-9-11-25(12-10-24)18(27)14-26-22-19(21-23-26)15-5-2-1-3-6-15/h1-8,13H,9-12,14H2. The number of rotatable bonds is 4. The Bertz CT molecular complexity index is 921. The lowest BCUT2D eigenvalue weighted by molar-refractivity contribution is -0.132. The second-order valence-electron chi connectivity index (χ2n) is 6.36. The topological polar surface area (TPSA) is 67.2 Å². The molecule has 1 aliphatic heterocycles. The lowest BCUT2D eigenvalue weighted by atomic mass is 10.2. The molecule has 0 atom stereocenters. The van der Waals surface area contributed by atoms with Gasteiger partial charge >= 0.3 is 0 Å². The van der Waals surface area contributed by atoms with Crippen LogP contribution in [0.4, 0.5) is 5.69 Å². The minimum Gasteiger partial charge on any atom is -0.368 e. The van der Waals surface area contributed by atoms with Crippen LogP contribution in [-0.4, -0.2) is 57.2 Å². The van der Waals surface area contributed by atoms with Gasteiger partial charge in [0.2, 0.25) is 11.7 Å². The number of nitrogens with zero attached hydrogens (tertiary/aromatic N) is 6. The van der Waals surface area contributed by atoms with E-state index in [-0.39, 0.29) is 12.5 Å². The van der Waals surface area contributed by atoms with Gasteiger partial charge in [0.05, 0.1) is 0 Å². The molecule has 1 saturated heterocycles. The van der Waals surface area contributed by atoms with E-state index < -0.39 is 0 Å². The Morgan fingerprint density at radius 1 is 1.00 bits per heavy atom. The maximum atomic E-state index is 12.6. The van der Waals surface area contributed by atoms with Gasteiger partial charge in [-0.15, -0.1) is 10.2 Å². The number of piperazine rings is 1. The molecule has 1 amide bonds. The van der Waals surface area contributed by atoms with Crippen molar-refractivity contribution in [1.29, 1.82) is 0 Å². The fourth-order valence-corrected chi connectivity index (χ4v) is 3.31. The van der Waals surface area contributed by atoms with Crippen LogP contribution in [0.1, 0.15) is 0 Å². The Morgan fingerprint density at radius 2 is 1.78 bits per heavy atom.